The van der Waals surface area contributed by atoms with Crippen LogP contribution < -0.4 is 10.5 Å². The molecule has 2 bridgehead atoms. The van der Waals surface area contributed by atoms with Gasteiger partial charge in [-0.25, -0.2) is 9.97 Å². The van der Waals surface area contributed by atoms with Gasteiger partial charge in [-0.2, -0.15) is 5.26 Å². The number of pyridine rings is 1. The van der Waals surface area contributed by atoms with Gasteiger partial charge in [-0.15, -0.1) is 0 Å². The van der Waals surface area contributed by atoms with E-state index in [1.165, 1.54) is 5.56 Å². The summed E-state index contributed by atoms with van der Waals surface area (Å²) in [4.78, 5) is 23.7. The van der Waals surface area contributed by atoms with Gasteiger partial charge < -0.3 is 9.47 Å². The van der Waals surface area contributed by atoms with Crippen LogP contribution in [0.15, 0.2) is 65.7 Å². The summed E-state index contributed by atoms with van der Waals surface area (Å²) in [5.74, 6) is 1.19. The lowest BCUT2D eigenvalue weighted by Crippen LogP contribution is -2.50. The molecule has 0 amide bonds. The van der Waals surface area contributed by atoms with Crippen LogP contribution in [0.5, 0.6) is 0 Å². The van der Waals surface area contributed by atoms with Crippen LogP contribution in [0.4, 0.5) is 5.82 Å². The lowest BCUT2D eigenvalue weighted by molar-refractivity contribution is 0.211. The minimum Gasteiger partial charge on any atom is -0.353 e. The Morgan fingerprint density at radius 1 is 1.03 bits per heavy atom. The van der Waals surface area contributed by atoms with Crippen molar-refractivity contribution in [3.05, 3.63) is 88.2 Å². The molecule has 0 spiro atoms. The Balaban J connectivity index is 1.57. The molecule has 0 saturated carbocycles. The van der Waals surface area contributed by atoms with Crippen molar-refractivity contribution in [3.8, 4) is 6.07 Å². The van der Waals surface area contributed by atoms with E-state index in [1.54, 1.807) is 18.5 Å². The number of piperidine rings is 1. The third-order valence-electron chi connectivity index (χ3n) is 6.17. The summed E-state index contributed by atoms with van der Waals surface area (Å²) in [5.41, 5.74) is 2.75. The van der Waals surface area contributed by atoms with Crippen LogP contribution in [0.25, 0.3) is 0 Å². The first kappa shape index (κ1) is 17.6. The zero-order valence-electron chi connectivity index (χ0n) is 16.0. The van der Waals surface area contributed by atoms with Crippen LogP contribution in [-0.4, -0.2) is 27.6 Å². The van der Waals surface area contributed by atoms with Gasteiger partial charge in [0.05, 0.1) is 0 Å². The zero-order valence-corrected chi connectivity index (χ0v) is 16.0. The molecule has 0 aliphatic carbocycles. The molecular formula is C23H21N5O. The van der Waals surface area contributed by atoms with E-state index in [0.29, 0.717) is 17.4 Å². The molecule has 0 radical (unpaired) electrons. The van der Waals surface area contributed by atoms with Crippen molar-refractivity contribution in [1.82, 2.24) is 14.5 Å². The monoisotopic (exact) mass is 383 g/mol. The van der Waals surface area contributed by atoms with Crippen LogP contribution >= 0.6 is 0 Å². The largest absolute Gasteiger partial charge is 0.353 e. The summed E-state index contributed by atoms with van der Waals surface area (Å²) in [6.07, 6.45) is 5.05. The number of anilines is 1. The maximum absolute atomic E-state index is 12.8. The van der Waals surface area contributed by atoms with Crippen LogP contribution in [-0.2, 0) is 6.42 Å². The number of fused-ring (bicyclic) bond motifs is 4. The van der Waals surface area contributed by atoms with E-state index in [2.05, 4.69) is 39.1 Å². The van der Waals surface area contributed by atoms with Crippen molar-refractivity contribution in [1.29, 1.82) is 5.26 Å². The molecule has 3 aromatic rings. The summed E-state index contributed by atoms with van der Waals surface area (Å²) < 4.78 is 2.02. The molecule has 144 valence electrons. The van der Waals surface area contributed by atoms with Gasteiger partial charge in [-0.1, -0.05) is 36.4 Å². The molecule has 1 fully saturated rings. The number of nitrogens with zero attached hydrogens (tertiary/aromatic N) is 5. The molecule has 1 saturated heterocycles. The maximum Gasteiger partial charge on any atom is 0.251 e. The van der Waals surface area contributed by atoms with Crippen molar-refractivity contribution in [2.45, 2.75) is 24.8 Å². The van der Waals surface area contributed by atoms with Gasteiger partial charge in [0.25, 0.3) is 5.56 Å². The van der Waals surface area contributed by atoms with Crippen molar-refractivity contribution in [2.75, 3.05) is 18.0 Å². The Morgan fingerprint density at radius 2 is 1.86 bits per heavy atom. The van der Waals surface area contributed by atoms with Gasteiger partial charge in [-0.3, -0.25) is 4.79 Å². The van der Waals surface area contributed by atoms with Gasteiger partial charge in [0.2, 0.25) is 0 Å². The Morgan fingerprint density at radius 3 is 2.69 bits per heavy atom. The van der Waals surface area contributed by atoms with Crippen molar-refractivity contribution >= 4 is 5.82 Å². The second-order valence-electron chi connectivity index (χ2n) is 7.85. The van der Waals surface area contributed by atoms with E-state index in [4.69, 9.17) is 0 Å². The molecule has 3 atom stereocenters. The maximum atomic E-state index is 12.8. The Labute approximate surface area is 169 Å². The molecular weight excluding hydrogens is 362 g/mol. The quantitative estimate of drug-likeness (QED) is 0.695. The molecule has 2 aromatic heterocycles. The molecule has 2 aliphatic heterocycles. The lowest BCUT2D eigenvalue weighted by atomic mass is 9.76. The minimum atomic E-state index is 0.0730. The Bertz CT molecular complexity index is 1130. The lowest BCUT2D eigenvalue weighted by Gasteiger charge is -2.47. The molecule has 1 aromatic carbocycles. The fourth-order valence-electron chi connectivity index (χ4n) is 4.97. The molecule has 6 heteroatoms. The highest BCUT2D eigenvalue weighted by molar-refractivity contribution is 5.50. The molecule has 2 aliphatic rings. The van der Waals surface area contributed by atoms with Crippen molar-refractivity contribution in [2.24, 2.45) is 5.92 Å². The Hall–Kier alpha value is -3.46. The van der Waals surface area contributed by atoms with E-state index < -0.39 is 0 Å². The predicted octanol–water partition coefficient (Wildman–Crippen LogP) is 2.92. The first-order valence-corrected chi connectivity index (χ1v) is 9.96. The van der Waals surface area contributed by atoms with Crippen LogP contribution in [0.1, 0.15) is 35.3 Å². The van der Waals surface area contributed by atoms with Crippen LogP contribution in [0.2, 0.25) is 0 Å². The predicted molar refractivity (Wildman–Crippen MR) is 110 cm³/mol. The van der Waals surface area contributed by atoms with Crippen LogP contribution in [0.3, 0.4) is 0 Å². The van der Waals surface area contributed by atoms with Gasteiger partial charge >= 0.3 is 0 Å². The zero-order chi connectivity index (χ0) is 19.8. The minimum absolute atomic E-state index is 0.0730. The third-order valence-corrected chi connectivity index (χ3v) is 6.17. The fraction of sp³-hybridized carbons (Fsp3) is 0.304. The summed E-state index contributed by atoms with van der Waals surface area (Å²) >= 11 is 0. The Kier molecular flexibility index (Phi) is 4.36. The molecule has 0 unspecified atom stereocenters. The summed E-state index contributed by atoms with van der Waals surface area (Å²) in [5, 5.41) is 9.47. The molecule has 29 heavy (non-hydrogen) atoms. The summed E-state index contributed by atoms with van der Waals surface area (Å²) in [6, 6.07) is 18.2. The van der Waals surface area contributed by atoms with E-state index >= 15 is 0 Å². The number of nitriles is 1. The molecule has 4 heterocycles. The van der Waals surface area contributed by atoms with Gasteiger partial charge in [0, 0.05) is 49.2 Å². The van der Waals surface area contributed by atoms with E-state index in [-0.39, 0.29) is 17.5 Å². The SMILES string of the molecule is N#Cc1nccnc1N1C[C@H]2C[C@@H](C1)[C@H](Cc1ccccc1)n1c2cccc1=O. The van der Waals surface area contributed by atoms with Crippen LogP contribution in [0, 0.1) is 17.2 Å². The average Bonchev–Trinajstić information content (AvgIpc) is 2.77. The van der Waals surface area contributed by atoms with Gasteiger partial charge in [0.15, 0.2) is 11.5 Å². The number of hydrogen-bond donors (Lipinski definition) is 0. The van der Waals surface area contributed by atoms with Crippen molar-refractivity contribution < 1.29 is 0 Å². The molecule has 5 rings (SSSR count). The highest BCUT2D eigenvalue weighted by Gasteiger charge is 2.41. The van der Waals surface area contributed by atoms with Gasteiger partial charge in [-0.05, 0) is 30.4 Å². The van der Waals surface area contributed by atoms with Crippen molar-refractivity contribution in [3.63, 3.8) is 0 Å². The van der Waals surface area contributed by atoms with E-state index in [1.807, 2.05) is 28.8 Å². The first-order chi connectivity index (χ1) is 14.2. The normalized spacial score (nSPS) is 22.6. The van der Waals surface area contributed by atoms with Gasteiger partial charge in [0.1, 0.15) is 6.07 Å². The molecule has 0 N–H and O–H groups in total. The topological polar surface area (TPSA) is 74.8 Å². The standard InChI is InChI=1S/C23H21N5O/c24-13-19-23(26-10-9-25-19)27-14-17-12-18(15-27)21(11-16-5-2-1-3-6-16)28-20(17)7-4-8-22(28)29/h1-10,17-18,21H,11-12,14-15H2/t17-,18+,21+/m1/s1. The second-order valence-corrected chi connectivity index (χ2v) is 7.85. The summed E-state index contributed by atoms with van der Waals surface area (Å²) in [6.45, 7) is 1.51. The van der Waals surface area contributed by atoms with E-state index in [0.717, 1.165) is 31.6 Å². The number of benzene rings is 1. The third kappa shape index (κ3) is 3.09. The second kappa shape index (κ2) is 7.17. The first-order valence-electron chi connectivity index (χ1n) is 9.96. The smallest absolute Gasteiger partial charge is 0.251 e. The summed E-state index contributed by atoms with van der Waals surface area (Å²) in [7, 11) is 0. The fourth-order valence-corrected chi connectivity index (χ4v) is 4.97. The highest BCUT2D eigenvalue weighted by Crippen LogP contribution is 2.43. The number of hydrogen-bond acceptors (Lipinski definition) is 5. The number of rotatable bonds is 3. The highest BCUT2D eigenvalue weighted by atomic mass is 16.1. The molecule has 6 nitrogen and oxygen atoms in total. The van der Waals surface area contributed by atoms with E-state index in [9.17, 15) is 10.1 Å². The average molecular weight is 383 g/mol. The number of aromatic nitrogens is 3.